The van der Waals surface area contributed by atoms with E-state index in [1.165, 1.54) is 0 Å². The van der Waals surface area contributed by atoms with Crippen molar-refractivity contribution in [2.24, 2.45) is 0 Å². The summed E-state index contributed by atoms with van der Waals surface area (Å²) in [5.41, 5.74) is 4.48. The number of hydrogen-bond acceptors (Lipinski definition) is 2. The van der Waals surface area contributed by atoms with Crippen LogP contribution < -0.4 is 5.32 Å². The molecule has 0 spiro atoms. The zero-order valence-electron chi connectivity index (χ0n) is 12.1. The Morgan fingerprint density at radius 1 is 1.00 bits per heavy atom. The molecule has 104 valence electrons. The Hall–Kier alpha value is -2.68. The van der Waals surface area contributed by atoms with Gasteiger partial charge in [0.1, 0.15) is 0 Å². The van der Waals surface area contributed by atoms with Crippen molar-refractivity contribution in [1.29, 1.82) is 0 Å². The minimum absolute atomic E-state index is 0.0902. The van der Waals surface area contributed by atoms with Crippen LogP contribution in [0.2, 0.25) is 0 Å². The summed E-state index contributed by atoms with van der Waals surface area (Å²) in [6.07, 6.45) is 1.75. The standard InChI is InChI=1S/C18H16N2O/c1-12-6-3-7-14(13(12)2)18(21)20-17-10-4-9-16-15(17)8-5-11-19-16/h3-11H,1-2H3,(H,20,21). The Kier molecular flexibility index (Phi) is 3.40. The van der Waals surface area contributed by atoms with E-state index in [0.29, 0.717) is 5.56 Å². The maximum atomic E-state index is 12.5. The normalized spacial score (nSPS) is 10.6. The van der Waals surface area contributed by atoms with Crippen molar-refractivity contribution in [1.82, 2.24) is 4.98 Å². The molecular formula is C18H16N2O. The van der Waals surface area contributed by atoms with Gasteiger partial charge in [-0.3, -0.25) is 9.78 Å². The van der Waals surface area contributed by atoms with Gasteiger partial charge in [-0.2, -0.15) is 0 Å². The predicted octanol–water partition coefficient (Wildman–Crippen LogP) is 4.10. The van der Waals surface area contributed by atoms with Gasteiger partial charge >= 0.3 is 0 Å². The molecule has 2 aromatic carbocycles. The van der Waals surface area contributed by atoms with Crippen LogP contribution in [0.25, 0.3) is 10.9 Å². The molecule has 0 atom stereocenters. The number of fused-ring (bicyclic) bond motifs is 1. The van der Waals surface area contributed by atoms with Gasteiger partial charge in [-0.15, -0.1) is 0 Å². The summed E-state index contributed by atoms with van der Waals surface area (Å²) in [5.74, 6) is -0.0902. The molecule has 0 aliphatic heterocycles. The second-order valence-corrected chi connectivity index (χ2v) is 5.08. The van der Waals surface area contributed by atoms with Gasteiger partial charge in [0.25, 0.3) is 5.91 Å². The SMILES string of the molecule is Cc1cccc(C(=O)Nc2cccc3ncccc23)c1C. The number of carbonyl (C=O) groups excluding carboxylic acids is 1. The number of amides is 1. The molecule has 1 aromatic heterocycles. The number of aromatic nitrogens is 1. The number of benzene rings is 2. The molecule has 21 heavy (non-hydrogen) atoms. The molecule has 0 aliphatic rings. The first-order chi connectivity index (χ1) is 10.2. The van der Waals surface area contributed by atoms with Crippen LogP contribution in [0.4, 0.5) is 5.69 Å². The van der Waals surface area contributed by atoms with Crippen molar-refractivity contribution < 1.29 is 4.79 Å². The van der Waals surface area contributed by atoms with Crippen molar-refractivity contribution in [2.45, 2.75) is 13.8 Å². The quantitative estimate of drug-likeness (QED) is 0.765. The number of hydrogen-bond donors (Lipinski definition) is 1. The van der Waals surface area contributed by atoms with E-state index in [-0.39, 0.29) is 5.91 Å². The second kappa shape index (κ2) is 5.37. The van der Waals surface area contributed by atoms with Gasteiger partial charge in [-0.1, -0.05) is 18.2 Å². The Morgan fingerprint density at radius 2 is 1.81 bits per heavy atom. The molecular weight excluding hydrogens is 260 g/mol. The molecule has 1 amide bonds. The van der Waals surface area contributed by atoms with Gasteiger partial charge in [-0.05, 0) is 55.3 Å². The number of anilines is 1. The van der Waals surface area contributed by atoms with E-state index in [1.54, 1.807) is 6.20 Å². The van der Waals surface area contributed by atoms with Crippen LogP contribution in [0.15, 0.2) is 54.7 Å². The largest absolute Gasteiger partial charge is 0.321 e. The Morgan fingerprint density at radius 3 is 2.67 bits per heavy atom. The molecule has 0 saturated heterocycles. The summed E-state index contributed by atoms with van der Waals surface area (Å²) in [6.45, 7) is 3.98. The zero-order chi connectivity index (χ0) is 14.8. The van der Waals surface area contributed by atoms with Crippen molar-refractivity contribution in [3.63, 3.8) is 0 Å². The molecule has 0 radical (unpaired) electrons. The van der Waals surface area contributed by atoms with E-state index in [1.807, 2.05) is 62.4 Å². The number of aryl methyl sites for hydroxylation is 1. The smallest absolute Gasteiger partial charge is 0.255 e. The number of nitrogens with zero attached hydrogens (tertiary/aromatic N) is 1. The lowest BCUT2D eigenvalue weighted by molar-refractivity contribution is 0.102. The average Bonchev–Trinajstić information content (AvgIpc) is 2.50. The molecule has 0 bridgehead atoms. The highest BCUT2D eigenvalue weighted by Gasteiger charge is 2.11. The first-order valence-electron chi connectivity index (χ1n) is 6.88. The lowest BCUT2D eigenvalue weighted by Gasteiger charge is -2.11. The van der Waals surface area contributed by atoms with E-state index < -0.39 is 0 Å². The van der Waals surface area contributed by atoms with Crippen LogP contribution in [-0.2, 0) is 0 Å². The van der Waals surface area contributed by atoms with Gasteiger partial charge in [0.05, 0.1) is 11.2 Å². The zero-order valence-corrected chi connectivity index (χ0v) is 12.1. The van der Waals surface area contributed by atoms with E-state index in [0.717, 1.165) is 27.7 Å². The maximum Gasteiger partial charge on any atom is 0.255 e. The van der Waals surface area contributed by atoms with Crippen LogP contribution in [-0.4, -0.2) is 10.9 Å². The predicted molar refractivity (Wildman–Crippen MR) is 85.6 cm³/mol. The van der Waals surface area contributed by atoms with Crippen LogP contribution in [0.5, 0.6) is 0 Å². The van der Waals surface area contributed by atoms with Gasteiger partial charge in [0.2, 0.25) is 0 Å². The van der Waals surface area contributed by atoms with Crippen LogP contribution in [0.3, 0.4) is 0 Å². The lowest BCUT2D eigenvalue weighted by Crippen LogP contribution is -2.14. The van der Waals surface area contributed by atoms with Crippen molar-refractivity contribution in [3.05, 3.63) is 71.4 Å². The molecule has 0 aliphatic carbocycles. The Bertz CT molecular complexity index is 819. The lowest BCUT2D eigenvalue weighted by atomic mass is 10.0. The highest BCUT2D eigenvalue weighted by molar-refractivity contribution is 6.09. The molecule has 3 rings (SSSR count). The third-order valence-electron chi connectivity index (χ3n) is 3.74. The molecule has 0 fully saturated rings. The Balaban J connectivity index is 1.99. The fourth-order valence-corrected chi connectivity index (χ4v) is 2.40. The second-order valence-electron chi connectivity index (χ2n) is 5.08. The third kappa shape index (κ3) is 2.50. The molecule has 3 aromatic rings. The fourth-order valence-electron chi connectivity index (χ4n) is 2.40. The van der Waals surface area contributed by atoms with Crippen LogP contribution in [0, 0.1) is 13.8 Å². The summed E-state index contributed by atoms with van der Waals surface area (Å²) < 4.78 is 0. The van der Waals surface area contributed by atoms with Crippen molar-refractivity contribution in [3.8, 4) is 0 Å². The highest BCUT2D eigenvalue weighted by atomic mass is 16.1. The van der Waals surface area contributed by atoms with Crippen molar-refractivity contribution in [2.75, 3.05) is 5.32 Å². The summed E-state index contributed by atoms with van der Waals surface area (Å²) in [5, 5.41) is 3.93. The molecule has 0 unspecified atom stereocenters. The van der Waals surface area contributed by atoms with Crippen LogP contribution >= 0.6 is 0 Å². The number of nitrogens with one attached hydrogen (secondary N) is 1. The van der Waals surface area contributed by atoms with Gasteiger partial charge < -0.3 is 5.32 Å². The van der Waals surface area contributed by atoms with Gasteiger partial charge in [0.15, 0.2) is 0 Å². The molecule has 1 N–H and O–H groups in total. The van der Waals surface area contributed by atoms with Crippen molar-refractivity contribution >= 4 is 22.5 Å². The minimum Gasteiger partial charge on any atom is -0.321 e. The number of rotatable bonds is 2. The molecule has 0 saturated carbocycles. The topological polar surface area (TPSA) is 42.0 Å². The number of carbonyl (C=O) groups is 1. The summed E-state index contributed by atoms with van der Waals surface area (Å²) in [6, 6.07) is 15.3. The van der Waals surface area contributed by atoms with E-state index in [9.17, 15) is 4.79 Å². The van der Waals surface area contributed by atoms with E-state index in [4.69, 9.17) is 0 Å². The van der Waals surface area contributed by atoms with Crippen LogP contribution in [0.1, 0.15) is 21.5 Å². The first kappa shape index (κ1) is 13.3. The van der Waals surface area contributed by atoms with Gasteiger partial charge in [0, 0.05) is 17.1 Å². The average molecular weight is 276 g/mol. The first-order valence-corrected chi connectivity index (χ1v) is 6.88. The Labute approximate surface area is 123 Å². The number of pyridine rings is 1. The maximum absolute atomic E-state index is 12.5. The monoisotopic (exact) mass is 276 g/mol. The van der Waals surface area contributed by atoms with E-state index >= 15 is 0 Å². The highest BCUT2D eigenvalue weighted by Crippen LogP contribution is 2.22. The minimum atomic E-state index is -0.0902. The molecule has 3 nitrogen and oxygen atoms in total. The fraction of sp³-hybridized carbons (Fsp3) is 0.111. The summed E-state index contributed by atoms with van der Waals surface area (Å²) in [7, 11) is 0. The van der Waals surface area contributed by atoms with E-state index in [2.05, 4.69) is 10.3 Å². The molecule has 3 heteroatoms. The summed E-state index contributed by atoms with van der Waals surface area (Å²) in [4.78, 5) is 16.8. The third-order valence-corrected chi connectivity index (χ3v) is 3.74. The van der Waals surface area contributed by atoms with Gasteiger partial charge in [-0.25, -0.2) is 0 Å². The summed E-state index contributed by atoms with van der Waals surface area (Å²) >= 11 is 0. The molecule has 1 heterocycles.